The molecule has 0 heterocycles. The maximum atomic E-state index is 10.9. The van der Waals surface area contributed by atoms with Crippen LogP contribution in [0.15, 0.2) is 0 Å². The number of hydrogen-bond acceptors (Lipinski definition) is 3. The van der Waals surface area contributed by atoms with Gasteiger partial charge in [0.2, 0.25) is 0 Å². The Kier molecular flexibility index (Phi) is 9.84. The molecule has 0 radical (unpaired) electrons. The predicted molar refractivity (Wildman–Crippen MR) is 64.0 cm³/mol. The average molecular weight is 226 g/mol. The first kappa shape index (κ1) is 15.0. The maximum absolute atomic E-state index is 10.9. The lowest BCUT2D eigenvalue weighted by atomic mass is 10.1. The minimum atomic E-state index is -0.350. The van der Waals surface area contributed by atoms with Gasteiger partial charge in [-0.05, 0) is 19.8 Å². The summed E-state index contributed by atoms with van der Waals surface area (Å²) in [6, 6.07) is 0. The third-order valence-corrected chi connectivity index (χ3v) is 2.26. The van der Waals surface area contributed by atoms with Gasteiger partial charge in [-0.25, -0.2) is 4.79 Å². The first-order chi connectivity index (χ1) is 7.74. The Morgan fingerprint density at radius 2 is 2.06 bits per heavy atom. The van der Waals surface area contributed by atoms with Crippen molar-refractivity contribution in [3.05, 3.63) is 0 Å². The van der Waals surface area contributed by atoms with Crippen LogP contribution in [0, 0.1) is 11.8 Å². The largest absolute Gasteiger partial charge is 0.467 e. The lowest BCUT2D eigenvalue weighted by molar-refractivity contribution is -0.147. The van der Waals surface area contributed by atoms with E-state index >= 15 is 0 Å². The van der Waals surface area contributed by atoms with Crippen LogP contribution in [0.3, 0.4) is 0 Å². The third kappa shape index (κ3) is 8.31. The normalized spacial score (nSPS) is 11.4. The van der Waals surface area contributed by atoms with Crippen LogP contribution >= 0.6 is 0 Å². The fourth-order valence-corrected chi connectivity index (χ4v) is 1.34. The summed E-state index contributed by atoms with van der Waals surface area (Å²) >= 11 is 0. The smallest absolute Gasteiger partial charge is 0.331 e. The minimum absolute atomic E-state index is 0.0103. The highest BCUT2D eigenvalue weighted by Crippen LogP contribution is 2.07. The standard InChI is InChI=1S/C13H22O3/c1-4-6-7-8-10-12(9-5-2)16-11-13(14)15-3/h12H,4,6-8,10-11H2,1-3H3/t12-/m0/s1. The zero-order valence-electron chi connectivity index (χ0n) is 10.5. The zero-order valence-corrected chi connectivity index (χ0v) is 10.5. The molecule has 1 atom stereocenters. The van der Waals surface area contributed by atoms with E-state index in [1.807, 2.05) is 0 Å². The van der Waals surface area contributed by atoms with Crippen molar-refractivity contribution in [1.29, 1.82) is 0 Å². The topological polar surface area (TPSA) is 35.5 Å². The third-order valence-electron chi connectivity index (χ3n) is 2.26. The summed E-state index contributed by atoms with van der Waals surface area (Å²) in [6.07, 6.45) is 5.49. The number of carbonyl (C=O) groups is 1. The van der Waals surface area contributed by atoms with Gasteiger partial charge in [0.05, 0.1) is 7.11 Å². The molecule has 0 amide bonds. The van der Waals surface area contributed by atoms with Gasteiger partial charge in [-0.2, -0.15) is 0 Å². The van der Waals surface area contributed by atoms with Crippen molar-refractivity contribution in [1.82, 2.24) is 0 Å². The number of rotatable bonds is 8. The van der Waals surface area contributed by atoms with Gasteiger partial charge in [0.1, 0.15) is 12.7 Å². The summed E-state index contributed by atoms with van der Waals surface area (Å²) in [4.78, 5) is 10.9. The summed E-state index contributed by atoms with van der Waals surface area (Å²) in [6.45, 7) is 3.95. The van der Waals surface area contributed by atoms with E-state index in [-0.39, 0.29) is 18.7 Å². The maximum Gasteiger partial charge on any atom is 0.331 e. The van der Waals surface area contributed by atoms with Gasteiger partial charge in [0.15, 0.2) is 0 Å². The molecule has 0 unspecified atom stereocenters. The van der Waals surface area contributed by atoms with Crippen molar-refractivity contribution in [2.45, 2.75) is 52.1 Å². The molecule has 92 valence electrons. The van der Waals surface area contributed by atoms with Gasteiger partial charge in [-0.15, -0.1) is 5.92 Å². The van der Waals surface area contributed by atoms with E-state index in [0.717, 1.165) is 12.8 Å². The van der Waals surface area contributed by atoms with Crippen LogP contribution < -0.4 is 0 Å². The number of methoxy groups -OCH3 is 1. The molecule has 0 spiro atoms. The fourth-order valence-electron chi connectivity index (χ4n) is 1.34. The molecule has 0 aliphatic carbocycles. The molecule has 0 saturated carbocycles. The van der Waals surface area contributed by atoms with E-state index < -0.39 is 0 Å². The van der Waals surface area contributed by atoms with E-state index in [9.17, 15) is 4.79 Å². The molecule has 0 N–H and O–H groups in total. The molecule has 0 aromatic heterocycles. The van der Waals surface area contributed by atoms with Crippen LogP contribution in [0.4, 0.5) is 0 Å². The van der Waals surface area contributed by atoms with E-state index in [1.54, 1.807) is 6.92 Å². The fraction of sp³-hybridized carbons (Fsp3) is 0.769. The second-order valence-electron chi connectivity index (χ2n) is 3.62. The van der Waals surface area contributed by atoms with Crippen molar-refractivity contribution in [2.75, 3.05) is 13.7 Å². The first-order valence-corrected chi connectivity index (χ1v) is 5.85. The number of esters is 1. The number of hydrogen-bond donors (Lipinski definition) is 0. The van der Waals surface area contributed by atoms with Crippen molar-refractivity contribution < 1.29 is 14.3 Å². The molecule has 0 bridgehead atoms. The van der Waals surface area contributed by atoms with Gasteiger partial charge in [-0.3, -0.25) is 0 Å². The van der Waals surface area contributed by atoms with Crippen LogP contribution in [-0.4, -0.2) is 25.8 Å². The molecule has 0 aliphatic rings. The van der Waals surface area contributed by atoms with E-state index in [1.165, 1.54) is 26.4 Å². The van der Waals surface area contributed by atoms with Gasteiger partial charge in [-0.1, -0.05) is 32.1 Å². The van der Waals surface area contributed by atoms with Crippen LogP contribution in [0.2, 0.25) is 0 Å². The molecule has 3 heteroatoms. The molecular weight excluding hydrogens is 204 g/mol. The van der Waals surface area contributed by atoms with Gasteiger partial charge >= 0.3 is 5.97 Å². The summed E-state index contributed by atoms with van der Waals surface area (Å²) < 4.78 is 9.88. The molecule has 0 aliphatic heterocycles. The summed E-state index contributed by atoms with van der Waals surface area (Å²) in [5, 5.41) is 0. The second-order valence-corrected chi connectivity index (χ2v) is 3.62. The molecule has 0 saturated heterocycles. The second kappa shape index (κ2) is 10.5. The number of unbranched alkanes of at least 4 members (excludes halogenated alkanes) is 3. The van der Waals surface area contributed by atoms with Gasteiger partial charge < -0.3 is 9.47 Å². The summed E-state index contributed by atoms with van der Waals surface area (Å²) in [5.41, 5.74) is 0. The van der Waals surface area contributed by atoms with Crippen LogP contribution in [0.5, 0.6) is 0 Å². The van der Waals surface area contributed by atoms with Crippen molar-refractivity contribution in [3.63, 3.8) is 0 Å². The molecular formula is C13H22O3. The Morgan fingerprint density at radius 1 is 1.31 bits per heavy atom. The minimum Gasteiger partial charge on any atom is -0.467 e. The SMILES string of the molecule is CC#C[C@@H](CCCCCC)OCC(=O)OC. The van der Waals surface area contributed by atoms with E-state index in [4.69, 9.17) is 4.74 Å². The lowest BCUT2D eigenvalue weighted by Gasteiger charge is -2.11. The lowest BCUT2D eigenvalue weighted by Crippen LogP contribution is -2.18. The van der Waals surface area contributed by atoms with Gasteiger partial charge in [0, 0.05) is 0 Å². The van der Waals surface area contributed by atoms with E-state index in [2.05, 4.69) is 23.5 Å². The average Bonchev–Trinajstić information content (AvgIpc) is 2.30. The predicted octanol–water partition coefficient (Wildman–Crippen LogP) is 2.54. The van der Waals surface area contributed by atoms with Crippen LogP contribution in [0.25, 0.3) is 0 Å². The van der Waals surface area contributed by atoms with Crippen LogP contribution in [0.1, 0.15) is 46.0 Å². The molecule has 16 heavy (non-hydrogen) atoms. The Bertz CT molecular complexity index is 237. The molecule has 0 aromatic rings. The Labute approximate surface area is 98.5 Å². The Hall–Kier alpha value is -1.01. The van der Waals surface area contributed by atoms with Gasteiger partial charge in [0.25, 0.3) is 0 Å². The van der Waals surface area contributed by atoms with Crippen molar-refractivity contribution in [3.8, 4) is 11.8 Å². The highest BCUT2D eigenvalue weighted by atomic mass is 16.6. The summed E-state index contributed by atoms with van der Waals surface area (Å²) in [5.74, 6) is 5.43. The van der Waals surface area contributed by atoms with E-state index in [0.29, 0.717) is 0 Å². The van der Waals surface area contributed by atoms with Crippen LogP contribution in [-0.2, 0) is 14.3 Å². The monoisotopic (exact) mass is 226 g/mol. The first-order valence-electron chi connectivity index (χ1n) is 5.85. The number of ether oxygens (including phenoxy) is 2. The highest BCUT2D eigenvalue weighted by molar-refractivity contribution is 5.70. The number of carbonyl (C=O) groups excluding carboxylic acids is 1. The summed E-state index contributed by atoms with van der Waals surface area (Å²) in [7, 11) is 1.35. The molecule has 3 nitrogen and oxygen atoms in total. The van der Waals surface area contributed by atoms with Crippen molar-refractivity contribution in [2.24, 2.45) is 0 Å². The quantitative estimate of drug-likeness (QED) is 0.362. The molecule has 0 rings (SSSR count). The van der Waals surface area contributed by atoms with Crippen molar-refractivity contribution >= 4 is 5.97 Å². The highest BCUT2D eigenvalue weighted by Gasteiger charge is 2.08. The Balaban J connectivity index is 3.78. The zero-order chi connectivity index (χ0) is 12.2. The molecule has 0 fully saturated rings. The Morgan fingerprint density at radius 3 is 2.62 bits per heavy atom. The molecule has 0 aromatic carbocycles.